The Hall–Kier alpha value is -2.29. The molecule has 0 saturated carbocycles. The Bertz CT molecular complexity index is 672. The van der Waals surface area contributed by atoms with E-state index in [0.29, 0.717) is 0 Å². The number of nitrogens with zero attached hydrogens (tertiary/aromatic N) is 2. The van der Waals surface area contributed by atoms with Crippen LogP contribution in [0.2, 0.25) is 0 Å². The molecule has 0 aromatic heterocycles. The number of carbonyl (C=O) groups excluding carboxylic acids is 1. The van der Waals surface area contributed by atoms with Gasteiger partial charge in [0.15, 0.2) is 0 Å². The van der Waals surface area contributed by atoms with Crippen molar-refractivity contribution in [2.75, 3.05) is 18.0 Å². The van der Waals surface area contributed by atoms with E-state index >= 15 is 0 Å². The molecule has 23 heavy (non-hydrogen) atoms. The molecule has 0 radical (unpaired) electrons. The summed E-state index contributed by atoms with van der Waals surface area (Å²) >= 11 is 0. The summed E-state index contributed by atoms with van der Waals surface area (Å²) in [4.78, 5) is 17.2. The van der Waals surface area contributed by atoms with Crippen molar-refractivity contribution in [1.29, 1.82) is 0 Å². The minimum atomic E-state index is 0.131. The molecule has 1 saturated heterocycles. The molecule has 3 heteroatoms. The molecule has 0 N–H and O–H groups in total. The number of anilines is 2. The van der Waals surface area contributed by atoms with Gasteiger partial charge < -0.3 is 4.90 Å². The number of hydrogen-bond acceptors (Lipinski definition) is 1. The van der Waals surface area contributed by atoms with Crippen LogP contribution in [0.1, 0.15) is 30.4 Å². The normalized spacial score (nSPS) is 17.2. The van der Waals surface area contributed by atoms with Crippen molar-refractivity contribution in [3.8, 4) is 0 Å². The Kier molecular flexibility index (Phi) is 3.78. The summed E-state index contributed by atoms with van der Waals surface area (Å²) in [5, 5.41) is 0. The molecule has 118 valence electrons. The Balaban J connectivity index is 1.81. The zero-order valence-corrected chi connectivity index (χ0v) is 13.4. The highest BCUT2D eigenvalue weighted by Crippen LogP contribution is 2.37. The third kappa shape index (κ3) is 2.61. The maximum absolute atomic E-state index is 13.3. The lowest BCUT2D eigenvalue weighted by Crippen LogP contribution is -2.43. The lowest BCUT2D eigenvalue weighted by molar-refractivity contribution is 0.195. The second-order valence-electron chi connectivity index (χ2n) is 6.42. The quantitative estimate of drug-likeness (QED) is 0.701. The summed E-state index contributed by atoms with van der Waals surface area (Å²) in [6.45, 7) is 1.75. The van der Waals surface area contributed by atoms with Crippen LogP contribution < -0.4 is 4.90 Å². The molecular weight excluding hydrogens is 284 g/mol. The highest BCUT2D eigenvalue weighted by molar-refractivity contribution is 6.01. The Morgan fingerprint density at radius 1 is 0.739 bits per heavy atom. The molecule has 2 heterocycles. The Morgan fingerprint density at radius 3 is 1.83 bits per heavy atom. The van der Waals surface area contributed by atoms with Gasteiger partial charge in [0, 0.05) is 13.1 Å². The monoisotopic (exact) mass is 306 g/mol. The number of rotatable bonds is 0. The minimum Gasteiger partial charge on any atom is -0.324 e. The topological polar surface area (TPSA) is 23.6 Å². The Morgan fingerprint density at radius 2 is 1.26 bits per heavy atom. The van der Waals surface area contributed by atoms with Crippen molar-refractivity contribution in [1.82, 2.24) is 4.90 Å². The van der Waals surface area contributed by atoms with Crippen molar-refractivity contribution in [3.05, 3.63) is 59.7 Å². The Labute approximate surface area is 137 Å². The van der Waals surface area contributed by atoms with Crippen LogP contribution in [-0.4, -0.2) is 24.0 Å². The molecule has 2 aliphatic heterocycles. The smallest absolute Gasteiger partial charge is 0.324 e. The van der Waals surface area contributed by atoms with E-state index in [1.54, 1.807) is 0 Å². The average Bonchev–Trinajstić information content (AvgIpc) is 2.79. The molecule has 1 fully saturated rings. The maximum Gasteiger partial charge on any atom is 0.329 e. The van der Waals surface area contributed by atoms with Crippen LogP contribution >= 0.6 is 0 Å². The SMILES string of the molecule is O=C(N1CCCCC1)N1c2ccccc2CCc2ccccc21. The first kappa shape index (κ1) is 14.3. The predicted octanol–water partition coefficient (Wildman–Crippen LogP) is 4.53. The molecule has 2 aliphatic rings. The number of carbonyl (C=O) groups is 1. The van der Waals surface area contributed by atoms with E-state index in [-0.39, 0.29) is 6.03 Å². The highest BCUT2D eigenvalue weighted by atomic mass is 16.2. The van der Waals surface area contributed by atoms with Gasteiger partial charge in [-0.3, -0.25) is 4.90 Å². The van der Waals surface area contributed by atoms with Crippen molar-refractivity contribution >= 4 is 17.4 Å². The van der Waals surface area contributed by atoms with Gasteiger partial charge in [-0.1, -0.05) is 36.4 Å². The number of urea groups is 1. The van der Waals surface area contributed by atoms with Crippen molar-refractivity contribution in [2.45, 2.75) is 32.1 Å². The van der Waals surface area contributed by atoms with Gasteiger partial charge in [-0.05, 0) is 55.4 Å². The first-order chi connectivity index (χ1) is 11.3. The molecule has 0 unspecified atom stereocenters. The molecular formula is C20H22N2O. The van der Waals surface area contributed by atoms with Crippen molar-refractivity contribution in [3.63, 3.8) is 0 Å². The zero-order chi connectivity index (χ0) is 15.6. The van der Waals surface area contributed by atoms with Crippen LogP contribution in [0, 0.1) is 0 Å². The number of benzene rings is 2. The average molecular weight is 306 g/mol. The fraction of sp³-hybridized carbons (Fsp3) is 0.350. The van der Waals surface area contributed by atoms with E-state index in [1.807, 2.05) is 21.9 Å². The summed E-state index contributed by atoms with van der Waals surface area (Å²) in [6, 6.07) is 16.8. The van der Waals surface area contributed by atoms with Gasteiger partial charge in [-0.2, -0.15) is 0 Å². The number of piperidine rings is 1. The number of amides is 2. The summed E-state index contributed by atoms with van der Waals surface area (Å²) in [6.07, 6.45) is 5.43. The predicted molar refractivity (Wildman–Crippen MR) is 93.3 cm³/mol. The third-order valence-electron chi connectivity index (χ3n) is 4.95. The van der Waals surface area contributed by atoms with E-state index in [0.717, 1.165) is 50.1 Å². The van der Waals surface area contributed by atoms with Gasteiger partial charge in [0.05, 0.1) is 11.4 Å². The first-order valence-corrected chi connectivity index (χ1v) is 8.59. The summed E-state index contributed by atoms with van der Waals surface area (Å²) in [5.74, 6) is 0. The van der Waals surface area contributed by atoms with E-state index in [1.165, 1.54) is 17.5 Å². The molecule has 0 bridgehead atoms. The van der Waals surface area contributed by atoms with Gasteiger partial charge >= 0.3 is 6.03 Å². The largest absolute Gasteiger partial charge is 0.329 e. The van der Waals surface area contributed by atoms with Gasteiger partial charge in [-0.25, -0.2) is 4.79 Å². The van der Waals surface area contributed by atoms with Gasteiger partial charge in [0.2, 0.25) is 0 Å². The zero-order valence-electron chi connectivity index (χ0n) is 13.4. The van der Waals surface area contributed by atoms with Crippen LogP contribution in [0.15, 0.2) is 48.5 Å². The van der Waals surface area contributed by atoms with Crippen LogP contribution in [0.25, 0.3) is 0 Å². The first-order valence-electron chi connectivity index (χ1n) is 8.59. The van der Waals surface area contributed by atoms with Crippen LogP contribution in [0.5, 0.6) is 0 Å². The van der Waals surface area contributed by atoms with Crippen LogP contribution in [0.4, 0.5) is 16.2 Å². The fourth-order valence-corrected chi connectivity index (χ4v) is 3.71. The highest BCUT2D eigenvalue weighted by Gasteiger charge is 2.29. The van der Waals surface area contributed by atoms with Crippen molar-refractivity contribution in [2.24, 2.45) is 0 Å². The maximum atomic E-state index is 13.3. The molecule has 0 aliphatic carbocycles. The molecule has 0 atom stereocenters. The lowest BCUT2D eigenvalue weighted by Gasteiger charge is -2.33. The van der Waals surface area contributed by atoms with E-state index in [2.05, 4.69) is 36.4 Å². The summed E-state index contributed by atoms with van der Waals surface area (Å²) in [5.41, 5.74) is 4.61. The lowest BCUT2D eigenvalue weighted by atomic mass is 10.0. The van der Waals surface area contributed by atoms with Gasteiger partial charge in [0.25, 0.3) is 0 Å². The van der Waals surface area contributed by atoms with E-state index < -0.39 is 0 Å². The second kappa shape index (κ2) is 6.07. The van der Waals surface area contributed by atoms with Crippen molar-refractivity contribution < 1.29 is 4.79 Å². The molecule has 3 nitrogen and oxygen atoms in total. The number of likely N-dealkylation sites (tertiary alicyclic amines) is 1. The molecule has 2 aromatic rings. The standard InChI is InChI=1S/C20H22N2O/c23-20(21-14-6-1-7-15-21)22-18-10-4-2-8-16(18)12-13-17-9-3-5-11-19(17)22/h2-5,8-11H,1,6-7,12-15H2. The van der Waals surface area contributed by atoms with Gasteiger partial charge in [-0.15, -0.1) is 0 Å². The minimum absolute atomic E-state index is 0.131. The second-order valence-corrected chi connectivity index (χ2v) is 6.42. The summed E-state index contributed by atoms with van der Waals surface area (Å²) in [7, 11) is 0. The van der Waals surface area contributed by atoms with Gasteiger partial charge in [0.1, 0.15) is 0 Å². The molecule has 2 aromatic carbocycles. The van der Waals surface area contributed by atoms with Crippen LogP contribution in [0.3, 0.4) is 0 Å². The van der Waals surface area contributed by atoms with E-state index in [9.17, 15) is 4.79 Å². The number of hydrogen-bond donors (Lipinski definition) is 0. The molecule has 4 rings (SSSR count). The third-order valence-corrected chi connectivity index (χ3v) is 4.95. The molecule has 0 spiro atoms. The number of aryl methyl sites for hydroxylation is 2. The summed E-state index contributed by atoms with van der Waals surface area (Å²) < 4.78 is 0. The van der Waals surface area contributed by atoms with E-state index in [4.69, 9.17) is 0 Å². The number of para-hydroxylation sites is 2. The molecule has 2 amide bonds. The van der Waals surface area contributed by atoms with Crippen LogP contribution in [-0.2, 0) is 12.8 Å². The number of fused-ring (bicyclic) bond motifs is 2. The fourth-order valence-electron chi connectivity index (χ4n) is 3.71.